The predicted molar refractivity (Wildman–Crippen MR) is 70.2 cm³/mol. The molecule has 0 atom stereocenters. The van der Waals surface area contributed by atoms with Gasteiger partial charge in [0.2, 0.25) is 0 Å². The molecule has 0 saturated heterocycles. The second-order valence-electron chi connectivity index (χ2n) is 3.56. The average molecular weight is 228 g/mol. The molecule has 2 nitrogen and oxygen atoms in total. The van der Waals surface area contributed by atoms with E-state index in [9.17, 15) is 4.79 Å². The van der Waals surface area contributed by atoms with Gasteiger partial charge in [-0.2, -0.15) is 0 Å². The van der Waals surface area contributed by atoms with Crippen molar-refractivity contribution in [1.82, 2.24) is 0 Å². The molecule has 0 saturated carbocycles. The summed E-state index contributed by atoms with van der Waals surface area (Å²) in [6, 6.07) is 0. The van der Waals surface area contributed by atoms with Gasteiger partial charge in [-0.3, -0.25) is 4.79 Å². The van der Waals surface area contributed by atoms with Gasteiger partial charge < -0.3 is 4.74 Å². The molecule has 0 aromatic rings. The van der Waals surface area contributed by atoms with Crippen LogP contribution in [0.1, 0.15) is 13.8 Å². The zero-order chi connectivity index (χ0) is 12.5. The van der Waals surface area contributed by atoms with Crippen LogP contribution in [0.2, 0.25) is 0 Å². The van der Waals surface area contributed by atoms with Crippen molar-refractivity contribution >= 4 is 5.97 Å². The molecule has 88 valence electrons. The Morgan fingerprint density at radius 2 is 1.59 bits per heavy atom. The molecule has 0 radical (unpaired) electrons. The summed E-state index contributed by atoms with van der Waals surface area (Å²) in [4.78, 5) is 10.9. The third-order valence-electron chi connectivity index (χ3n) is 1.95. The monoisotopic (exact) mass is 228 g/mol. The molecule has 0 heterocycles. The first kappa shape index (κ1) is 13.0. The molecule has 0 fully saturated rings. The molecule has 0 aromatic carbocycles. The predicted octanol–water partition coefficient (Wildman–Crippen LogP) is 3.62. The first-order valence-electron chi connectivity index (χ1n) is 5.43. The fourth-order valence-electron chi connectivity index (χ4n) is 1.19. The highest BCUT2D eigenvalue weighted by atomic mass is 16.5. The SMILES string of the molecule is CC(=O)OC1=CC=CC=C(C)C=CC=CC=C1. The second kappa shape index (κ2) is 7.23. The summed E-state index contributed by atoms with van der Waals surface area (Å²) in [5.74, 6) is 0.200. The minimum Gasteiger partial charge on any atom is -0.427 e. The van der Waals surface area contributed by atoms with Gasteiger partial charge in [-0.05, 0) is 19.1 Å². The van der Waals surface area contributed by atoms with Crippen molar-refractivity contribution in [3.63, 3.8) is 0 Å². The van der Waals surface area contributed by atoms with Crippen LogP contribution in [0.3, 0.4) is 0 Å². The van der Waals surface area contributed by atoms with Gasteiger partial charge in [0.1, 0.15) is 5.76 Å². The molecule has 0 unspecified atom stereocenters. The van der Waals surface area contributed by atoms with Crippen molar-refractivity contribution in [3.8, 4) is 0 Å². The molecule has 2 heteroatoms. The Kier molecular flexibility index (Phi) is 5.52. The van der Waals surface area contributed by atoms with Gasteiger partial charge in [-0.25, -0.2) is 0 Å². The van der Waals surface area contributed by atoms with Gasteiger partial charge in [0.15, 0.2) is 0 Å². The van der Waals surface area contributed by atoms with E-state index in [1.165, 1.54) is 6.92 Å². The summed E-state index contributed by atoms with van der Waals surface area (Å²) in [6.45, 7) is 3.41. The van der Waals surface area contributed by atoms with E-state index in [4.69, 9.17) is 4.74 Å². The Hall–Kier alpha value is -2.09. The van der Waals surface area contributed by atoms with E-state index in [-0.39, 0.29) is 5.97 Å². The van der Waals surface area contributed by atoms with E-state index in [1.54, 1.807) is 12.2 Å². The van der Waals surface area contributed by atoms with Crippen molar-refractivity contribution in [2.75, 3.05) is 0 Å². The van der Waals surface area contributed by atoms with Gasteiger partial charge in [-0.1, -0.05) is 54.2 Å². The molecule has 0 amide bonds. The molecule has 0 N–H and O–H groups in total. The molecule has 17 heavy (non-hydrogen) atoms. The van der Waals surface area contributed by atoms with E-state index in [0.29, 0.717) is 5.76 Å². The number of esters is 1. The van der Waals surface area contributed by atoms with Crippen molar-refractivity contribution in [2.45, 2.75) is 13.8 Å². The average Bonchev–Trinajstić information content (AvgIpc) is 2.25. The van der Waals surface area contributed by atoms with Crippen LogP contribution >= 0.6 is 0 Å². The fourth-order valence-corrected chi connectivity index (χ4v) is 1.19. The molecule has 1 aliphatic carbocycles. The smallest absolute Gasteiger partial charge is 0.308 e. The lowest BCUT2D eigenvalue weighted by molar-refractivity contribution is -0.136. The molecule has 0 aromatic heterocycles. The number of carbonyl (C=O) groups excluding carboxylic acids is 1. The summed E-state index contributed by atoms with van der Waals surface area (Å²) in [7, 11) is 0. The summed E-state index contributed by atoms with van der Waals surface area (Å²) in [5, 5.41) is 0. The molecule has 0 bridgehead atoms. The summed E-state index contributed by atoms with van der Waals surface area (Å²) >= 11 is 0. The van der Waals surface area contributed by atoms with Crippen LogP contribution in [0.5, 0.6) is 0 Å². The fraction of sp³-hybridized carbons (Fsp3) is 0.133. The Morgan fingerprint density at radius 3 is 2.29 bits per heavy atom. The lowest BCUT2D eigenvalue weighted by Gasteiger charge is -1.99. The molecule has 1 aliphatic rings. The number of hydrogen-bond acceptors (Lipinski definition) is 2. The third-order valence-corrected chi connectivity index (χ3v) is 1.95. The van der Waals surface area contributed by atoms with Crippen LogP contribution in [0, 0.1) is 0 Å². The minimum atomic E-state index is -0.322. The zero-order valence-electron chi connectivity index (χ0n) is 10.1. The Bertz CT molecular complexity index is 444. The Labute approximate surface area is 102 Å². The minimum absolute atomic E-state index is 0.322. The van der Waals surface area contributed by atoms with Crippen LogP contribution in [0.15, 0.2) is 72.1 Å². The number of hydrogen-bond donors (Lipinski definition) is 0. The van der Waals surface area contributed by atoms with E-state index < -0.39 is 0 Å². The standard InChI is InChI=1S/C15H16O2/c1-13-9-5-3-4-6-11-15(17-14(2)16)12-8-7-10-13/h3-12H,1-2H3. The number of carbonyl (C=O) groups is 1. The van der Waals surface area contributed by atoms with Gasteiger partial charge in [0.25, 0.3) is 0 Å². The molecule has 0 aliphatic heterocycles. The van der Waals surface area contributed by atoms with Crippen molar-refractivity contribution in [1.29, 1.82) is 0 Å². The second-order valence-corrected chi connectivity index (χ2v) is 3.56. The van der Waals surface area contributed by atoms with Gasteiger partial charge in [0.05, 0.1) is 0 Å². The summed E-state index contributed by atoms with van der Waals surface area (Å²) < 4.78 is 5.03. The lowest BCUT2D eigenvalue weighted by Crippen LogP contribution is -1.96. The van der Waals surface area contributed by atoms with Crippen LogP contribution in [0.25, 0.3) is 0 Å². The Balaban J connectivity index is 2.91. The van der Waals surface area contributed by atoms with Crippen LogP contribution in [-0.4, -0.2) is 5.97 Å². The largest absolute Gasteiger partial charge is 0.427 e. The summed E-state index contributed by atoms with van der Waals surface area (Å²) in [6.07, 6.45) is 18.8. The first-order valence-corrected chi connectivity index (χ1v) is 5.43. The number of ether oxygens (including phenoxy) is 1. The normalized spacial score (nSPS) is 15.6. The van der Waals surface area contributed by atoms with E-state index in [0.717, 1.165) is 5.57 Å². The number of rotatable bonds is 1. The highest BCUT2D eigenvalue weighted by Crippen LogP contribution is 2.03. The first-order chi connectivity index (χ1) is 8.18. The molecule has 0 spiro atoms. The molecule has 1 rings (SSSR count). The highest BCUT2D eigenvalue weighted by Gasteiger charge is 1.95. The topological polar surface area (TPSA) is 26.3 Å². The Morgan fingerprint density at radius 1 is 0.941 bits per heavy atom. The quantitative estimate of drug-likeness (QED) is 0.641. The molecular formula is C15H16O2. The maximum atomic E-state index is 10.9. The van der Waals surface area contributed by atoms with Crippen molar-refractivity contribution in [3.05, 3.63) is 72.1 Å². The molecular weight excluding hydrogens is 212 g/mol. The van der Waals surface area contributed by atoms with Gasteiger partial charge in [0, 0.05) is 6.92 Å². The lowest BCUT2D eigenvalue weighted by atomic mass is 10.2. The van der Waals surface area contributed by atoms with E-state index in [1.807, 2.05) is 55.5 Å². The van der Waals surface area contributed by atoms with Crippen molar-refractivity contribution in [2.24, 2.45) is 0 Å². The van der Waals surface area contributed by atoms with Crippen LogP contribution in [-0.2, 0) is 9.53 Å². The maximum Gasteiger partial charge on any atom is 0.308 e. The van der Waals surface area contributed by atoms with E-state index in [2.05, 4.69) is 0 Å². The van der Waals surface area contributed by atoms with Crippen LogP contribution in [0.4, 0.5) is 0 Å². The van der Waals surface area contributed by atoms with Gasteiger partial charge in [-0.15, -0.1) is 0 Å². The number of allylic oxidation sites excluding steroid dienone is 11. The highest BCUT2D eigenvalue weighted by molar-refractivity contribution is 5.67. The third kappa shape index (κ3) is 6.15. The summed E-state index contributed by atoms with van der Waals surface area (Å²) in [5.41, 5.74) is 1.15. The van der Waals surface area contributed by atoms with Gasteiger partial charge >= 0.3 is 5.97 Å². The maximum absolute atomic E-state index is 10.9. The van der Waals surface area contributed by atoms with Crippen LogP contribution < -0.4 is 0 Å². The van der Waals surface area contributed by atoms with Crippen molar-refractivity contribution < 1.29 is 9.53 Å². The zero-order valence-corrected chi connectivity index (χ0v) is 10.1. The van der Waals surface area contributed by atoms with E-state index >= 15 is 0 Å².